The number of nitrogens with one attached hydrogen (secondary N) is 2. The van der Waals surface area contributed by atoms with Gasteiger partial charge in [0.15, 0.2) is 0 Å². The van der Waals surface area contributed by atoms with Crippen molar-refractivity contribution >= 4 is 29.2 Å². The van der Waals surface area contributed by atoms with E-state index in [1.54, 1.807) is 0 Å². The van der Waals surface area contributed by atoms with Crippen molar-refractivity contribution in [3.05, 3.63) is 51.8 Å². The largest absolute Gasteiger partial charge is 0.481 e. The highest BCUT2D eigenvalue weighted by Gasteiger charge is 2.26. The number of amides is 1. The van der Waals surface area contributed by atoms with E-state index in [1.807, 2.05) is 31.2 Å². The Kier molecular flexibility index (Phi) is 4.15. The van der Waals surface area contributed by atoms with E-state index in [0.717, 1.165) is 53.8 Å². The highest BCUT2D eigenvalue weighted by atomic mass is 16.4. The standard InChI is InChI=1S/C21H22N2O3/c1-12-6-8-18-15(10-12)16(21(26)23-18)11-19-14(7-9-20(24)25)13-4-2-3-5-17(13)22-19/h6,8,10-11,22H,2-5,7,9H2,1H3,(H,23,26)(H,24,25)/b16-11-. The quantitative estimate of drug-likeness (QED) is 0.735. The van der Waals surface area contributed by atoms with Gasteiger partial charge in [-0.25, -0.2) is 0 Å². The number of benzene rings is 1. The van der Waals surface area contributed by atoms with Gasteiger partial charge in [-0.2, -0.15) is 0 Å². The summed E-state index contributed by atoms with van der Waals surface area (Å²) in [6, 6.07) is 5.92. The molecule has 0 atom stereocenters. The molecule has 0 radical (unpaired) electrons. The summed E-state index contributed by atoms with van der Waals surface area (Å²) in [7, 11) is 0. The van der Waals surface area contributed by atoms with Crippen LogP contribution >= 0.6 is 0 Å². The van der Waals surface area contributed by atoms with E-state index >= 15 is 0 Å². The van der Waals surface area contributed by atoms with Crippen molar-refractivity contribution in [1.82, 2.24) is 4.98 Å². The van der Waals surface area contributed by atoms with Gasteiger partial charge in [0.2, 0.25) is 0 Å². The maximum absolute atomic E-state index is 12.5. The molecule has 1 aromatic carbocycles. The van der Waals surface area contributed by atoms with Crippen LogP contribution in [0.2, 0.25) is 0 Å². The molecule has 3 N–H and O–H groups in total. The molecule has 0 bridgehead atoms. The zero-order chi connectivity index (χ0) is 18.3. The highest BCUT2D eigenvalue weighted by Crippen LogP contribution is 2.36. The summed E-state index contributed by atoms with van der Waals surface area (Å²) in [5.74, 6) is -0.906. The summed E-state index contributed by atoms with van der Waals surface area (Å²) >= 11 is 0. The summed E-state index contributed by atoms with van der Waals surface area (Å²) in [6.07, 6.45) is 6.72. The number of anilines is 1. The minimum absolute atomic E-state index is 0.0996. The van der Waals surface area contributed by atoms with Crippen molar-refractivity contribution in [2.24, 2.45) is 0 Å². The van der Waals surface area contributed by atoms with Crippen molar-refractivity contribution in [1.29, 1.82) is 0 Å². The van der Waals surface area contributed by atoms with Crippen LogP contribution in [0.5, 0.6) is 0 Å². The number of aryl methyl sites for hydroxylation is 2. The van der Waals surface area contributed by atoms with Crippen LogP contribution in [0.15, 0.2) is 18.2 Å². The highest BCUT2D eigenvalue weighted by molar-refractivity contribution is 6.34. The Bertz CT molecular complexity index is 937. The second kappa shape index (κ2) is 6.48. The van der Waals surface area contributed by atoms with E-state index in [-0.39, 0.29) is 12.3 Å². The van der Waals surface area contributed by atoms with Gasteiger partial charge in [-0.15, -0.1) is 0 Å². The van der Waals surface area contributed by atoms with Crippen LogP contribution in [-0.4, -0.2) is 22.0 Å². The summed E-state index contributed by atoms with van der Waals surface area (Å²) < 4.78 is 0. The first-order valence-electron chi connectivity index (χ1n) is 9.11. The number of rotatable bonds is 4. The number of carbonyl (C=O) groups is 2. The van der Waals surface area contributed by atoms with Gasteiger partial charge in [0.25, 0.3) is 5.91 Å². The first-order chi connectivity index (χ1) is 12.5. The molecule has 2 heterocycles. The second-order valence-electron chi connectivity index (χ2n) is 7.14. The van der Waals surface area contributed by atoms with E-state index in [4.69, 9.17) is 5.11 Å². The number of fused-ring (bicyclic) bond motifs is 2. The lowest BCUT2D eigenvalue weighted by molar-refractivity contribution is -0.137. The van der Waals surface area contributed by atoms with Crippen molar-refractivity contribution in [3.63, 3.8) is 0 Å². The number of carboxylic acids is 1. The molecule has 0 saturated carbocycles. The van der Waals surface area contributed by atoms with Crippen molar-refractivity contribution in [2.45, 2.75) is 45.4 Å². The number of aromatic amines is 1. The third-order valence-corrected chi connectivity index (χ3v) is 5.28. The molecule has 1 amide bonds. The molecule has 5 heteroatoms. The fraction of sp³-hybridized carbons (Fsp3) is 0.333. The average molecular weight is 350 g/mol. The maximum atomic E-state index is 12.5. The minimum atomic E-state index is -0.797. The smallest absolute Gasteiger partial charge is 0.303 e. The lowest BCUT2D eigenvalue weighted by Crippen LogP contribution is -2.05. The van der Waals surface area contributed by atoms with Gasteiger partial charge in [0, 0.05) is 29.1 Å². The zero-order valence-electron chi connectivity index (χ0n) is 14.8. The Morgan fingerprint density at radius 1 is 1.27 bits per heavy atom. The molecule has 2 aliphatic rings. The number of H-pyrrole nitrogens is 1. The molecule has 1 aliphatic carbocycles. The van der Waals surface area contributed by atoms with Crippen molar-refractivity contribution < 1.29 is 14.7 Å². The Hall–Kier alpha value is -2.82. The van der Waals surface area contributed by atoms with Gasteiger partial charge >= 0.3 is 5.97 Å². The Balaban J connectivity index is 1.80. The molecular formula is C21H22N2O3. The Morgan fingerprint density at radius 3 is 2.88 bits per heavy atom. The minimum Gasteiger partial charge on any atom is -0.481 e. The van der Waals surface area contributed by atoms with Crippen molar-refractivity contribution in [2.75, 3.05) is 5.32 Å². The third kappa shape index (κ3) is 2.94. The predicted octanol–water partition coefficient (Wildman–Crippen LogP) is 3.71. The Morgan fingerprint density at radius 2 is 2.08 bits per heavy atom. The molecule has 26 heavy (non-hydrogen) atoms. The number of aromatic nitrogens is 1. The molecule has 0 saturated heterocycles. The molecule has 1 aliphatic heterocycles. The molecular weight excluding hydrogens is 328 g/mol. The number of aliphatic carboxylic acids is 1. The maximum Gasteiger partial charge on any atom is 0.303 e. The average Bonchev–Trinajstić information content (AvgIpc) is 3.11. The SMILES string of the molecule is Cc1ccc2c(c1)/C(=C/c1[nH]c3c(c1CCC(=O)O)CCCC3)C(=O)N2. The van der Waals surface area contributed by atoms with Crippen molar-refractivity contribution in [3.8, 4) is 0 Å². The first-order valence-corrected chi connectivity index (χ1v) is 9.11. The Labute approximate surface area is 152 Å². The normalized spacial score (nSPS) is 17.1. The van der Waals surface area contributed by atoms with E-state index in [0.29, 0.717) is 12.0 Å². The fourth-order valence-electron chi connectivity index (χ4n) is 4.01. The van der Waals surface area contributed by atoms with Gasteiger partial charge in [0.05, 0.1) is 5.57 Å². The lowest BCUT2D eigenvalue weighted by Gasteiger charge is -2.12. The fourth-order valence-corrected chi connectivity index (χ4v) is 4.01. The van der Waals surface area contributed by atoms with E-state index < -0.39 is 5.97 Å². The molecule has 134 valence electrons. The summed E-state index contributed by atoms with van der Waals surface area (Å²) in [5.41, 5.74) is 7.88. The van der Waals surface area contributed by atoms with E-state index in [2.05, 4.69) is 10.3 Å². The molecule has 4 rings (SSSR count). The third-order valence-electron chi connectivity index (χ3n) is 5.28. The topological polar surface area (TPSA) is 82.2 Å². The van der Waals surface area contributed by atoms with E-state index in [1.165, 1.54) is 11.3 Å². The van der Waals surface area contributed by atoms with Gasteiger partial charge < -0.3 is 15.4 Å². The summed E-state index contributed by atoms with van der Waals surface area (Å²) in [4.78, 5) is 27.0. The number of carboxylic acid groups (broad SMARTS) is 1. The molecule has 0 fully saturated rings. The molecule has 2 aromatic rings. The van der Waals surface area contributed by atoms with Gasteiger partial charge in [-0.1, -0.05) is 11.6 Å². The number of hydrogen-bond acceptors (Lipinski definition) is 2. The molecule has 5 nitrogen and oxygen atoms in total. The predicted molar refractivity (Wildman–Crippen MR) is 101 cm³/mol. The van der Waals surface area contributed by atoms with Gasteiger partial charge in [-0.3, -0.25) is 9.59 Å². The zero-order valence-corrected chi connectivity index (χ0v) is 14.8. The van der Waals surface area contributed by atoms with Crippen LogP contribution < -0.4 is 5.32 Å². The van der Waals surface area contributed by atoms with Gasteiger partial charge in [0.1, 0.15) is 0 Å². The van der Waals surface area contributed by atoms with Crippen LogP contribution in [0.25, 0.3) is 11.6 Å². The summed E-state index contributed by atoms with van der Waals surface area (Å²) in [6.45, 7) is 2.01. The number of carbonyl (C=O) groups excluding carboxylic acids is 1. The second-order valence-corrected chi connectivity index (χ2v) is 7.14. The molecule has 0 spiro atoms. The first kappa shape index (κ1) is 16.6. The summed E-state index contributed by atoms with van der Waals surface area (Å²) in [5, 5.41) is 12.0. The molecule has 1 aromatic heterocycles. The van der Waals surface area contributed by atoms with Crippen LogP contribution in [0.3, 0.4) is 0 Å². The van der Waals surface area contributed by atoms with Crippen LogP contribution in [-0.2, 0) is 28.9 Å². The number of hydrogen-bond donors (Lipinski definition) is 3. The lowest BCUT2D eigenvalue weighted by atomic mass is 9.92. The van der Waals surface area contributed by atoms with Crippen LogP contribution in [0.4, 0.5) is 5.69 Å². The monoisotopic (exact) mass is 350 g/mol. The molecule has 0 unspecified atom stereocenters. The van der Waals surface area contributed by atoms with Crippen LogP contribution in [0.1, 0.15) is 52.9 Å². The van der Waals surface area contributed by atoms with Gasteiger partial charge in [-0.05, 0) is 68.4 Å². The van der Waals surface area contributed by atoms with Crippen LogP contribution in [0, 0.1) is 6.92 Å². The van der Waals surface area contributed by atoms with E-state index in [9.17, 15) is 9.59 Å².